The van der Waals surface area contributed by atoms with Gasteiger partial charge < -0.3 is 19.5 Å². The van der Waals surface area contributed by atoms with Gasteiger partial charge in [-0.3, -0.25) is 0 Å². The van der Waals surface area contributed by atoms with E-state index in [0.29, 0.717) is 12.1 Å². The molecule has 1 aliphatic heterocycles. The molecule has 0 aromatic heterocycles. The van der Waals surface area contributed by atoms with Crippen LogP contribution in [0.3, 0.4) is 0 Å². The van der Waals surface area contributed by atoms with E-state index in [1.165, 1.54) is 5.56 Å². The van der Waals surface area contributed by atoms with Crippen LogP contribution in [0, 0.1) is 0 Å². The van der Waals surface area contributed by atoms with E-state index >= 15 is 0 Å². The lowest BCUT2D eigenvalue weighted by molar-refractivity contribution is 0.0130. The predicted molar refractivity (Wildman–Crippen MR) is 74.8 cm³/mol. The molecule has 0 spiro atoms. The molecule has 1 saturated heterocycles. The first kappa shape index (κ1) is 14.2. The Balaban J connectivity index is 1.92. The summed E-state index contributed by atoms with van der Waals surface area (Å²) in [7, 11) is 3.31. The van der Waals surface area contributed by atoms with E-state index in [1.807, 2.05) is 12.1 Å². The standard InChI is InChI=1S/C15H23NO3/c1-11-8-13(6-7-19-11)16-10-12-4-5-14(17-2)15(9-12)18-3/h4-5,9,11,13,16H,6-8,10H2,1-3H3. The molecule has 2 unspecified atom stereocenters. The van der Waals surface area contributed by atoms with Crippen molar-refractivity contribution in [3.63, 3.8) is 0 Å². The molecule has 1 heterocycles. The van der Waals surface area contributed by atoms with Gasteiger partial charge >= 0.3 is 0 Å². The Morgan fingerprint density at radius 2 is 2.05 bits per heavy atom. The first-order chi connectivity index (χ1) is 9.22. The molecule has 0 radical (unpaired) electrons. The second kappa shape index (κ2) is 6.78. The third kappa shape index (κ3) is 3.85. The SMILES string of the molecule is COc1ccc(CNC2CCOC(C)C2)cc1OC. The molecule has 0 bridgehead atoms. The Hall–Kier alpha value is -1.26. The molecule has 1 aromatic carbocycles. The third-order valence-electron chi connectivity index (χ3n) is 3.53. The molecule has 2 rings (SSSR count). The third-order valence-corrected chi connectivity index (χ3v) is 3.53. The van der Waals surface area contributed by atoms with Gasteiger partial charge in [0.15, 0.2) is 11.5 Å². The van der Waals surface area contributed by atoms with E-state index in [9.17, 15) is 0 Å². The van der Waals surface area contributed by atoms with Gasteiger partial charge in [0.2, 0.25) is 0 Å². The lowest BCUT2D eigenvalue weighted by Gasteiger charge is -2.28. The van der Waals surface area contributed by atoms with Gasteiger partial charge in [-0.15, -0.1) is 0 Å². The van der Waals surface area contributed by atoms with E-state index in [4.69, 9.17) is 14.2 Å². The van der Waals surface area contributed by atoms with Gasteiger partial charge in [0.1, 0.15) is 0 Å². The summed E-state index contributed by atoms with van der Waals surface area (Å²) in [6.07, 6.45) is 2.52. The maximum atomic E-state index is 5.55. The molecule has 0 amide bonds. The monoisotopic (exact) mass is 265 g/mol. The van der Waals surface area contributed by atoms with Crippen LogP contribution in [0.5, 0.6) is 11.5 Å². The minimum Gasteiger partial charge on any atom is -0.493 e. The van der Waals surface area contributed by atoms with Crippen molar-refractivity contribution in [2.75, 3.05) is 20.8 Å². The minimum atomic E-state index is 0.358. The summed E-state index contributed by atoms with van der Waals surface area (Å²) in [5.41, 5.74) is 1.21. The zero-order valence-electron chi connectivity index (χ0n) is 11.9. The summed E-state index contributed by atoms with van der Waals surface area (Å²) in [5.74, 6) is 1.55. The largest absolute Gasteiger partial charge is 0.493 e. The summed E-state index contributed by atoms with van der Waals surface area (Å²) in [6.45, 7) is 3.83. The quantitative estimate of drug-likeness (QED) is 0.887. The van der Waals surface area contributed by atoms with Crippen LogP contribution in [0.25, 0.3) is 0 Å². The summed E-state index contributed by atoms with van der Waals surface area (Å²) in [4.78, 5) is 0. The molecule has 0 aliphatic carbocycles. The molecule has 1 N–H and O–H groups in total. The molecule has 4 heteroatoms. The Morgan fingerprint density at radius 3 is 2.74 bits per heavy atom. The Kier molecular flexibility index (Phi) is 5.05. The molecule has 1 fully saturated rings. The van der Waals surface area contributed by atoms with Crippen LogP contribution < -0.4 is 14.8 Å². The van der Waals surface area contributed by atoms with E-state index in [2.05, 4.69) is 18.3 Å². The number of hydrogen-bond donors (Lipinski definition) is 1. The highest BCUT2D eigenvalue weighted by molar-refractivity contribution is 5.42. The fraction of sp³-hybridized carbons (Fsp3) is 0.600. The fourth-order valence-corrected chi connectivity index (χ4v) is 2.44. The molecule has 4 nitrogen and oxygen atoms in total. The first-order valence-corrected chi connectivity index (χ1v) is 6.79. The number of hydrogen-bond acceptors (Lipinski definition) is 4. The molecule has 0 saturated carbocycles. The number of benzene rings is 1. The maximum Gasteiger partial charge on any atom is 0.161 e. The van der Waals surface area contributed by atoms with E-state index in [1.54, 1.807) is 14.2 Å². The predicted octanol–water partition coefficient (Wildman–Crippen LogP) is 2.36. The van der Waals surface area contributed by atoms with Crippen LogP contribution in [-0.2, 0) is 11.3 Å². The average molecular weight is 265 g/mol. The molecular weight excluding hydrogens is 242 g/mol. The van der Waals surface area contributed by atoms with Gasteiger partial charge in [-0.2, -0.15) is 0 Å². The van der Waals surface area contributed by atoms with Crippen LogP contribution in [-0.4, -0.2) is 33.0 Å². The van der Waals surface area contributed by atoms with Crippen molar-refractivity contribution in [3.05, 3.63) is 23.8 Å². The first-order valence-electron chi connectivity index (χ1n) is 6.79. The second-order valence-corrected chi connectivity index (χ2v) is 4.97. The number of methoxy groups -OCH3 is 2. The summed E-state index contributed by atoms with van der Waals surface area (Å²) >= 11 is 0. The van der Waals surface area contributed by atoms with Crippen LogP contribution in [0.15, 0.2) is 18.2 Å². The van der Waals surface area contributed by atoms with Crippen molar-refractivity contribution in [2.24, 2.45) is 0 Å². The van der Waals surface area contributed by atoms with Crippen molar-refractivity contribution in [1.82, 2.24) is 5.32 Å². The molecule has 1 aliphatic rings. The number of ether oxygens (including phenoxy) is 3. The normalized spacial score (nSPS) is 23.1. The minimum absolute atomic E-state index is 0.358. The molecule has 1 aromatic rings. The van der Waals surface area contributed by atoms with E-state index < -0.39 is 0 Å². The van der Waals surface area contributed by atoms with Gasteiger partial charge in [0.25, 0.3) is 0 Å². The van der Waals surface area contributed by atoms with E-state index in [-0.39, 0.29) is 0 Å². The molecular formula is C15H23NO3. The van der Waals surface area contributed by atoms with Gasteiger partial charge in [0.05, 0.1) is 20.3 Å². The summed E-state index contributed by atoms with van der Waals surface area (Å²) < 4.78 is 16.1. The summed E-state index contributed by atoms with van der Waals surface area (Å²) in [5, 5.41) is 3.58. The van der Waals surface area contributed by atoms with Gasteiger partial charge in [0, 0.05) is 19.2 Å². The van der Waals surface area contributed by atoms with Gasteiger partial charge in [-0.25, -0.2) is 0 Å². The number of nitrogens with one attached hydrogen (secondary N) is 1. The molecule has 106 valence electrons. The van der Waals surface area contributed by atoms with Crippen molar-refractivity contribution in [3.8, 4) is 11.5 Å². The second-order valence-electron chi connectivity index (χ2n) is 4.97. The van der Waals surface area contributed by atoms with Gasteiger partial charge in [-0.1, -0.05) is 6.07 Å². The van der Waals surface area contributed by atoms with Crippen LogP contribution in [0.2, 0.25) is 0 Å². The van der Waals surface area contributed by atoms with E-state index in [0.717, 1.165) is 37.5 Å². The van der Waals surface area contributed by atoms with Gasteiger partial charge in [-0.05, 0) is 37.5 Å². The Bertz CT molecular complexity index is 408. The van der Waals surface area contributed by atoms with Crippen molar-refractivity contribution in [1.29, 1.82) is 0 Å². The number of rotatable bonds is 5. The van der Waals surface area contributed by atoms with Crippen LogP contribution in [0.1, 0.15) is 25.3 Å². The lowest BCUT2D eigenvalue weighted by Crippen LogP contribution is -2.37. The zero-order chi connectivity index (χ0) is 13.7. The lowest BCUT2D eigenvalue weighted by atomic mass is 10.0. The molecule has 19 heavy (non-hydrogen) atoms. The maximum absolute atomic E-state index is 5.55. The fourth-order valence-electron chi connectivity index (χ4n) is 2.44. The van der Waals surface area contributed by atoms with Crippen molar-refractivity contribution < 1.29 is 14.2 Å². The Labute approximate surface area is 115 Å². The Morgan fingerprint density at radius 1 is 1.26 bits per heavy atom. The van der Waals surface area contributed by atoms with Crippen LogP contribution >= 0.6 is 0 Å². The average Bonchev–Trinajstić information content (AvgIpc) is 2.45. The zero-order valence-corrected chi connectivity index (χ0v) is 11.9. The highest BCUT2D eigenvalue weighted by Crippen LogP contribution is 2.27. The highest BCUT2D eigenvalue weighted by atomic mass is 16.5. The van der Waals surface area contributed by atoms with Crippen molar-refractivity contribution >= 4 is 0 Å². The highest BCUT2D eigenvalue weighted by Gasteiger charge is 2.18. The smallest absolute Gasteiger partial charge is 0.161 e. The van der Waals surface area contributed by atoms with Crippen molar-refractivity contribution in [2.45, 2.75) is 38.5 Å². The van der Waals surface area contributed by atoms with Crippen LogP contribution in [0.4, 0.5) is 0 Å². The molecule has 2 atom stereocenters. The topological polar surface area (TPSA) is 39.7 Å². The summed E-state index contributed by atoms with van der Waals surface area (Å²) in [6, 6.07) is 6.57.